The van der Waals surface area contributed by atoms with Gasteiger partial charge in [-0.25, -0.2) is 0 Å². The van der Waals surface area contributed by atoms with Crippen molar-refractivity contribution in [2.24, 2.45) is 15.3 Å². The van der Waals surface area contributed by atoms with Gasteiger partial charge in [0.15, 0.2) is 5.71 Å². The third kappa shape index (κ3) is 10.1. The van der Waals surface area contributed by atoms with Gasteiger partial charge < -0.3 is 29.4 Å². The minimum absolute atomic E-state index is 0.0173. The first-order valence-corrected chi connectivity index (χ1v) is 16.9. The number of azo groups is 1. The summed E-state index contributed by atoms with van der Waals surface area (Å²) in [6, 6.07) is 12.9. The number of carbonyl (C=O) groups excluding carboxylic acids is 1. The van der Waals surface area contributed by atoms with E-state index in [1.807, 2.05) is 27.7 Å². The Morgan fingerprint density at radius 1 is 0.857 bits per heavy atom. The second-order valence-corrected chi connectivity index (χ2v) is 12.8. The van der Waals surface area contributed by atoms with Gasteiger partial charge in [-0.15, -0.1) is 5.11 Å². The molecule has 0 radical (unpaired) electrons. The number of ether oxygens (including phenoxy) is 5. The average molecular weight is 696 g/mol. The predicted molar refractivity (Wildman–Crippen MR) is 187 cm³/mol. The number of benzene rings is 3. The Hall–Kier alpha value is -4.83. The molecule has 0 saturated carbocycles. The van der Waals surface area contributed by atoms with Crippen molar-refractivity contribution in [1.82, 2.24) is 0 Å². The molecule has 3 aromatic rings. The van der Waals surface area contributed by atoms with E-state index in [2.05, 4.69) is 20.8 Å². The number of ketones is 1. The van der Waals surface area contributed by atoms with E-state index >= 15 is 0 Å². The quantitative estimate of drug-likeness (QED) is 0.0487. The van der Waals surface area contributed by atoms with Crippen LogP contribution in [0.3, 0.4) is 0 Å². The number of Topliss-reactive ketones (excluding diaryl/α,β-unsaturated/α-hetero) is 1. The highest BCUT2D eigenvalue weighted by Gasteiger charge is 2.33. The van der Waals surface area contributed by atoms with Crippen LogP contribution in [-0.2, 0) is 19.6 Å². The second-order valence-electron chi connectivity index (χ2n) is 11.4. The summed E-state index contributed by atoms with van der Waals surface area (Å²) in [5.74, 6) is 0.585. The zero-order valence-electron chi connectivity index (χ0n) is 28.2. The van der Waals surface area contributed by atoms with Crippen molar-refractivity contribution >= 4 is 50.4 Å². The minimum Gasteiger partial charge on any atom is -0.494 e. The smallest absolute Gasteiger partial charge is 0.296 e. The molecule has 4 N–H and O–H groups in total. The van der Waals surface area contributed by atoms with Crippen LogP contribution < -0.4 is 25.4 Å². The maximum absolute atomic E-state index is 13.3. The van der Waals surface area contributed by atoms with Crippen LogP contribution in [0.4, 0.5) is 22.7 Å². The molecule has 15 heteroatoms. The van der Waals surface area contributed by atoms with Gasteiger partial charge >= 0.3 is 0 Å². The maximum Gasteiger partial charge on any atom is 0.296 e. The summed E-state index contributed by atoms with van der Waals surface area (Å²) in [7, 11) is -3.32. The maximum atomic E-state index is 13.3. The van der Waals surface area contributed by atoms with Crippen molar-refractivity contribution in [3.63, 3.8) is 0 Å². The first-order chi connectivity index (χ1) is 23.3. The highest BCUT2D eigenvalue weighted by Crippen LogP contribution is 2.37. The normalized spacial score (nSPS) is 14.0. The number of anilines is 2. The lowest BCUT2D eigenvalue weighted by atomic mass is 9.94. The van der Waals surface area contributed by atoms with Gasteiger partial charge in [-0.05, 0) is 88.2 Å². The molecule has 1 aliphatic carbocycles. The highest BCUT2D eigenvalue weighted by molar-refractivity contribution is 7.91. The number of fused-ring (bicyclic) bond motifs is 1. The van der Waals surface area contributed by atoms with E-state index in [4.69, 9.17) is 29.4 Å². The predicted octanol–water partition coefficient (Wildman–Crippen LogP) is 6.50. The third-order valence-electron chi connectivity index (χ3n) is 6.93. The summed E-state index contributed by atoms with van der Waals surface area (Å²) in [4.78, 5) is 12.7. The van der Waals surface area contributed by atoms with Crippen molar-refractivity contribution in [3.8, 4) is 17.2 Å². The van der Waals surface area contributed by atoms with Crippen LogP contribution in [0.25, 0.3) is 6.08 Å². The van der Waals surface area contributed by atoms with Gasteiger partial charge in [-0.1, -0.05) is 0 Å². The third-order valence-corrected chi connectivity index (χ3v) is 7.80. The van der Waals surface area contributed by atoms with E-state index in [1.165, 1.54) is 25.3 Å². The van der Waals surface area contributed by atoms with E-state index < -0.39 is 26.5 Å². The fourth-order valence-corrected chi connectivity index (χ4v) is 5.24. The summed E-state index contributed by atoms with van der Waals surface area (Å²) < 4.78 is 62.9. The van der Waals surface area contributed by atoms with Crippen molar-refractivity contribution in [2.45, 2.75) is 46.8 Å². The SMILES string of the molecule is COc1cc(OCCOC(C)C)ccc1/N=N/c1cc(OCCOC(C)C)c(N/N=C2\C(=O)c3ccc(N)cc3C=C2S(=O)(=O)O)cc1C. The molecule has 0 aromatic heterocycles. The van der Waals surface area contributed by atoms with E-state index in [-0.39, 0.29) is 42.3 Å². The summed E-state index contributed by atoms with van der Waals surface area (Å²) >= 11 is 0. The molecule has 0 atom stereocenters. The van der Waals surface area contributed by atoms with Crippen molar-refractivity contribution in [1.29, 1.82) is 0 Å². The number of nitrogen functional groups attached to an aromatic ring is 1. The first-order valence-electron chi connectivity index (χ1n) is 15.5. The Morgan fingerprint density at radius 2 is 1.53 bits per heavy atom. The number of nitrogens with zero attached hydrogens (tertiary/aromatic N) is 3. The van der Waals surface area contributed by atoms with Gasteiger partial charge in [-0.2, -0.15) is 18.6 Å². The van der Waals surface area contributed by atoms with Crippen LogP contribution in [0, 0.1) is 6.92 Å². The number of nitrogens with one attached hydrogen (secondary N) is 1. The number of aryl methyl sites for hydroxylation is 1. The zero-order valence-corrected chi connectivity index (χ0v) is 29.0. The molecule has 14 nitrogen and oxygen atoms in total. The van der Waals surface area contributed by atoms with Crippen molar-refractivity contribution < 1.29 is 41.4 Å². The van der Waals surface area contributed by atoms with Gasteiger partial charge in [0.2, 0.25) is 5.78 Å². The number of carbonyl (C=O) groups is 1. The molecule has 0 heterocycles. The Balaban J connectivity index is 1.64. The van der Waals surface area contributed by atoms with Gasteiger partial charge in [-0.3, -0.25) is 14.8 Å². The first kappa shape index (κ1) is 37.0. The van der Waals surface area contributed by atoms with Crippen LogP contribution in [-0.4, -0.2) is 70.2 Å². The lowest BCUT2D eigenvalue weighted by Crippen LogP contribution is -2.27. The summed E-state index contributed by atoms with van der Waals surface area (Å²) in [5.41, 5.74) is 10.6. The van der Waals surface area contributed by atoms with E-state index in [0.717, 1.165) is 6.08 Å². The van der Waals surface area contributed by atoms with Gasteiger partial charge in [0.05, 0.1) is 43.9 Å². The molecular formula is C34H41N5O9S. The molecule has 0 amide bonds. The molecule has 0 spiro atoms. The molecule has 49 heavy (non-hydrogen) atoms. The fourth-order valence-electron chi connectivity index (χ4n) is 4.58. The number of hydrazone groups is 1. The number of nitrogens with two attached hydrogens (primary N) is 1. The molecular weight excluding hydrogens is 654 g/mol. The van der Waals surface area contributed by atoms with Crippen LogP contribution >= 0.6 is 0 Å². The van der Waals surface area contributed by atoms with Crippen LogP contribution in [0.5, 0.6) is 17.2 Å². The Bertz CT molecular complexity index is 1870. The summed E-state index contributed by atoms with van der Waals surface area (Å²) in [6.07, 6.45) is 1.24. The van der Waals surface area contributed by atoms with Crippen molar-refractivity contribution in [2.75, 3.05) is 44.7 Å². The number of allylic oxidation sites excluding steroid dienone is 1. The van der Waals surface area contributed by atoms with Gasteiger partial charge in [0.25, 0.3) is 10.1 Å². The average Bonchev–Trinajstić information content (AvgIpc) is 3.04. The van der Waals surface area contributed by atoms with Crippen LogP contribution in [0.1, 0.15) is 49.2 Å². The summed E-state index contributed by atoms with van der Waals surface area (Å²) in [5, 5.41) is 12.9. The molecule has 0 unspecified atom stereocenters. The Labute approximate surface area is 285 Å². The number of hydrogen-bond acceptors (Lipinski definition) is 13. The molecule has 0 aliphatic heterocycles. The number of methoxy groups -OCH3 is 1. The van der Waals surface area contributed by atoms with E-state index in [9.17, 15) is 17.8 Å². The van der Waals surface area contributed by atoms with E-state index in [0.29, 0.717) is 53.0 Å². The minimum atomic E-state index is -4.84. The number of rotatable bonds is 16. The zero-order chi connectivity index (χ0) is 35.7. The molecule has 262 valence electrons. The lowest BCUT2D eigenvalue weighted by Gasteiger charge is -2.18. The monoisotopic (exact) mass is 695 g/mol. The van der Waals surface area contributed by atoms with Crippen LogP contribution in [0.2, 0.25) is 0 Å². The standard InChI is InChI=1S/C34H41N5O9S/c1-20(2)45-11-13-47-25-8-10-27(30(18-25)44-6)36-37-28-19-31(48-14-12-46-21(3)4)29(15-22(28)5)38-39-33-32(49(41,42)43)17-23-16-24(35)7-9-26(23)34(33)40/h7-10,15-21,38H,11-14,35H2,1-6H3,(H,41,42,43)/b37-36+,39-33-. The largest absolute Gasteiger partial charge is 0.494 e. The molecule has 1 aliphatic rings. The highest BCUT2D eigenvalue weighted by atomic mass is 32.2. The second kappa shape index (κ2) is 16.5. The Morgan fingerprint density at radius 3 is 2.18 bits per heavy atom. The molecule has 4 rings (SSSR count). The number of hydrogen-bond donors (Lipinski definition) is 3. The topological polar surface area (TPSA) is 193 Å². The van der Waals surface area contributed by atoms with Gasteiger partial charge in [0.1, 0.15) is 41.1 Å². The van der Waals surface area contributed by atoms with E-state index in [1.54, 1.807) is 37.3 Å². The molecule has 0 bridgehead atoms. The van der Waals surface area contributed by atoms with Gasteiger partial charge in [0, 0.05) is 23.4 Å². The fraction of sp³-hybridized carbons (Fsp3) is 0.353. The summed E-state index contributed by atoms with van der Waals surface area (Å²) in [6.45, 7) is 10.7. The lowest BCUT2D eigenvalue weighted by molar-refractivity contribution is 0.0552. The Kier molecular flexibility index (Phi) is 12.5. The van der Waals surface area contributed by atoms with Crippen molar-refractivity contribution in [3.05, 3.63) is 70.1 Å². The van der Waals surface area contributed by atoms with Crippen LogP contribution in [0.15, 0.2) is 68.8 Å². The molecule has 0 fully saturated rings. The molecule has 0 saturated heterocycles. The molecule has 3 aromatic carbocycles.